The molecule has 5 heteroatoms. The molecular weight excluding hydrogens is 360 g/mol. The zero-order valence-electron chi connectivity index (χ0n) is 17.6. The Balaban J connectivity index is 1.44. The summed E-state index contributed by atoms with van der Waals surface area (Å²) in [5.74, 6) is 1.23. The Morgan fingerprint density at radius 1 is 1.10 bits per heavy atom. The summed E-state index contributed by atoms with van der Waals surface area (Å²) in [4.78, 5) is 20.0. The Kier molecular flexibility index (Phi) is 5.56. The molecule has 1 aliphatic rings. The van der Waals surface area contributed by atoms with E-state index in [1.165, 1.54) is 16.6 Å². The van der Waals surface area contributed by atoms with Gasteiger partial charge in [-0.2, -0.15) is 0 Å². The Morgan fingerprint density at radius 3 is 2.59 bits per heavy atom. The van der Waals surface area contributed by atoms with Gasteiger partial charge in [0.05, 0.1) is 11.0 Å². The quantitative estimate of drug-likeness (QED) is 0.673. The topological polar surface area (TPSA) is 50.2 Å². The van der Waals surface area contributed by atoms with Crippen LogP contribution in [-0.2, 0) is 11.3 Å². The van der Waals surface area contributed by atoms with Crippen LogP contribution < -0.4 is 10.2 Å². The van der Waals surface area contributed by atoms with E-state index in [0.717, 1.165) is 56.0 Å². The van der Waals surface area contributed by atoms with Crippen LogP contribution >= 0.6 is 0 Å². The van der Waals surface area contributed by atoms with Gasteiger partial charge in [-0.25, -0.2) is 4.98 Å². The number of nitrogens with one attached hydrogen (secondary N) is 1. The minimum atomic E-state index is 0.0527. The van der Waals surface area contributed by atoms with E-state index in [9.17, 15) is 4.79 Å². The van der Waals surface area contributed by atoms with Gasteiger partial charge in [-0.15, -0.1) is 0 Å². The third kappa shape index (κ3) is 4.00. The first-order valence-corrected chi connectivity index (χ1v) is 10.6. The van der Waals surface area contributed by atoms with Crippen molar-refractivity contribution in [2.45, 2.75) is 46.6 Å². The van der Waals surface area contributed by atoms with Crippen LogP contribution in [0.5, 0.6) is 0 Å². The number of carbonyl (C=O) groups excluding carboxylic acids is 1. The smallest absolute Gasteiger partial charge is 0.227 e. The van der Waals surface area contributed by atoms with Crippen molar-refractivity contribution in [1.82, 2.24) is 9.55 Å². The number of rotatable bonds is 5. The summed E-state index contributed by atoms with van der Waals surface area (Å²) >= 11 is 0. The molecule has 5 nitrogen and oxygen atoms in total. The summed E-state index contributed by atoms with van der Waals surface area (Å²) < 4.78 is 2.32. The minimum absolute atomic E-state index is 0.0527. The second-order valence-corrected chi connectivity index (χ2v) is 8.10. The largest absolute Gasteiger partial charge is 0.342 e. The number of benzene rings is 2. The van der Waals surface area contributed by atoms with E-state index in [4.69, 9.17) is 4.98 Å². The molecular formula is C24H30N4O. The van der Waals surface area contributed by atoms with E-state index in [2.05, 4.69) is 65.9 Å². The van der Waals surface area contributed by atoms with Gasteiger partial charge in [-0.3, -0.25) is 4.79 Å². The number of hydrogen-bond acceptors (Lipinski definition) is 3. The molecule has 0 unspecified atom stereocenters. The monoisotopic (exact) mass is 390 g/mol. The summed E-state index contributed by atoms with van der Waals surface area (Å²) in [6, 6.07) is 14.4. The molecule has 0 spiro atoms. The predicted octanol–water partition coefficient (Wildman–Crippen LogP) is 4.92. The van der Waals surface area contributed by atoms with Crippen molar-refractivity contribution in [3.63, 3.8) is 0 Å². The number of aryl methyl sites for hydroxylation is 3. The molecule has 0 saturated carbocycles. The second-order valence-electron chi connectivity index (χ2n) is 8.10. The Labute approximate surface area is 172 Å². The number of para-hydroxylation sites is 2. The van der Waals surface area contributed by atoms with Crippen molar-refractivity contribution in [2.75, 3.05) is 23.3 Å². The molecule has 1 amide bonds. The maximum atomic E-state index is 12.8. The SMILES string of the molecule is CCCn1c(N2CCC(C(=O)Nc3ccc(C)c(C)c3)CC2)nc2ccccc21. The van der Waals surface area contributed by atoms with Gasteiger partial charge in [-0.1, -0.05) is 25.1 Å². The number of anilines is 2. The van der Waals surface area contributed by atoms with Gasteiger partial charge in [0, 0.05) is 31.2 Å². The van der Waals surface area contributed by atoms with Crippen LogP contribution in [-0.4, -0.2) is 28.5 Å². The third-order valence-electron chi connectivity index (χ3n) is 6.00. The lowest BCUT2D eigenvalue weighted by atomic mass is 9.96. The number of carbonyl (C=O) groups is 1. The first-order chi connectivity index (χ1) is 14.1. The van der Waals surface area contributed by atoms with Gasteiger partial charge >= 0.3 is 0 Å². The van der Waals surface area contributed by atoms with Gasteiger partial charge in [0.2, 0.25) is 11.9 Å². The zero-order valence-corrected chi connectivity index (χ0v) is 17.6. The van der Waals surface area contributed by atoms with Crippen molar-refractivity contribution in [2.24, 2.45) is 5.92 Å². The molecule has 152 valence electrons. The normalized spacial score (nSPS) is 15.1. The Bertz CT molecular complexity index is 1010. The highest BCUT2D eigenvalue weighted by Crippen LogP contribution is 2.28. The van der Waals surface area contributed by atoms with Crippen LogP contribution in [0, 0.1) is 19.8 Å². The second kappa shape index (κ2) is 8.27. The number of fused-ring (bicyclic) bond motifs is 1. The number of imidazole rings is 1. The lowest BCUT2D eigenvalue weighted by Crippen LogP contribution is -2.39. The van der Waals surface area contributed by atoms with Gasteiger partial charge < -0.3 is 14.8 Å². The number of hydrogen-bond donors (Lipinski definition) is 1. The van der Waals surface area contributed by atoms with Crippen LogP contribution in [0.15, 0.2) is 42.5 Å². The van der Waals surface area contributed by atoms with Crippen LogP contribution in [0.25, 0.3) is 11.0 Å². The van der Waals surface area contributed by atoms with E-state index >= 15 is 0 Å². The number of aromatic nitrogens is 2. The molecule has 29 heavy (non-hydrogen) atoms. The molecule has 1 aromatic heterocycles. The average molecular weight is 391 g/mol. The number of piperidine rings is 1. The van der Waals surface area contributed by atoms with Gasteiger partial charge in [0.1, 0.15) is 0 Å². The zero-order chi connectivity index (χ0) is 20.4. The fourth-order valence-electron chi connectivity index (χ4n) is 4.15. The van der Waals surface area contributed by atoms with Crippen LogP contribution in [0.3, 0.4) is 0 Å². The van der Waals surface area contributed by atoms with Gasteiger partial charge in [-0.05, 0) is 68.5 Å². The summed E-state index contributed by atoms with van der Waals surface area (Å²) in [5.41, 5.74) is 5.58. The summed E-state index contributed by atoms with van der Waals surface area (Å²) in [5, 5.41) is 3.11. The molecule has 2 aromatic carbocycles. The predicted molar refractivity (Wildman–Crippen MR) is 120 cm³/mol. The Morgan fingerprint density at radius 2 is 1.86 bits per heavy atom. The fraction of sp³-hybridized carbons (Fsp3) is 0.417. The van der Waals surface area contributed by atoms with E-state index in [0.29, 0.717) is 0 Å². The minimum Gasteiger partial charge on any atom is -0.342 e. The Hall–Kier alpha value is -2.82. The molecule has 3 aromatic rings. The van der Waals surface area contributed by atoms with E-state index in [1.54, 1.807) is 0 Å². The lowest BCUT2D eigenvalue weighted by Gasteiger charge is -2.32. The molecule has 2 heterocycles. The average Bonchev–Trinajstić information content (AvgIpc) is 3.10. The van der Waals surface area contributed by atoms with Gasteiger partial charge in [0.25, 0.3) is 0 Å². The van der Waals surface area contributed by atoms with Crippen molar-refractivity contribution in [1.29, 1.82) is 0 Å². The molecule has 0 aliphatic carbocycles. The van der Waals surface area contributed by atoms with Crippen molar-refractivity contribution in [3.8, 4) is 0 Å². The van der Waals surface area contributed by atoms with Crippen molar-refractivity contribution >= 4 is 28.6 Å². The third-order valence-corrected chi connectivity index (χ3v) is 6.00. The summed E-state index contributed by atoms with van der Waals surface area (Å²) in [6.07, 6.45) is 2.78. The van der Waals surface area contributed by atoms with E-state index in [1.807, 2.05) is 12.1 Å². The first kappa shape index (κ1) is 19.5. The molecule has 1 N–H and O–H groups in total. The highest BCUT2D eigenvalue weighted by molar-refractivity contribution is 5.92. The van der Waals surface area contributed by atoms with E-state index < -0.39 is 0 Å². The summed E-state index contributed by atoms with van der Waals surface area (Å²) in [6.45, 7) is 9.04. The molecule has 1 saturated heterocycles. The van der Waals surface area contributed by atoms with Crippen LogP contribution in [0.2, 0.25) is 0 Å². The maximum Gasteiger partial charge on any atom is 0.227 e. The van der Waals surface area contributed by atoms with Crippen LogP contribution in [0.1, 0.15) is 37.3 Å². The number of nitrogens with zero attached hydrogens (tertiary/aromatic N) is 3. The molecule has 0 radical (unpaired) electrons. The molecule has 1 aliphatic heterocycles. The van der Waals surface area contributed by atoms with Gasteiger partial charge in [0.15, 0.2) is 0 Å². The lowest BCUT2D eigenvalue weighted by molar-refractivity contribution is -0.120. The highest BCUT2D eigenvalue weighted by Gasteiger charge is 2.27. The molecule has 0 atom stereocenters. The maximum absolute atomic E-state index is 12.8. The van der Waals surface area contributed by atoms with Crippen LogP contribution in [0.4, 0.5) is 11.6 Å². The standard InChI is InChI=1S/C24H30N4O/c1-4-13-28-22-8-6-5-7-21(22)26-24(28)27-14-11-19(12-15-27)23(29)25-20-10-9-17(2)18(3)16-20/h5-10,16,19H,4,11-15H2,1-3H3,(H,25,29). The fourth-order valence-corrected chi connectivity index (χ4v) is 4.15. The highest BCUT2D eigenvalue weighted by atomic mass is 16.1. The number of amides is 1. The molecule has 1 fully saturated rings. The van der Waals surface area contributed by atoms with E-state index in [-0.39, 0.29) is 11.8 Å². The molecule has 4 rings (SSSR count). The van der Waals surface area contributed by atoms with Crippen molar-refractivity contribution < 1.29 is 4.79 Å². The molecule has 0 bridgehead atoms. The van der Waals surface area contributed by atoms with Crippen molar-refractivity contribution in [3.05, 3.63) is 53.6 Å². The summed E-state index contributed by atoms with van der Waals surface area (Å²) in [7, 11) is 0. The first-order valence-electron chi connectivity index (χ1n) is 10.6.